The first kappa shape index (κ1) is 12.0. The van der Waals surface area contributed by atoms with Crippen molar-refractivity contribution in [3.8, 4) is 5.75 Å². The highest BCUT2D eigenvalue weighted by atomic mass is 16.3. The van der Waals surface area contributed by atoms with Crippen LogP contribution in [0.5, 0.6) is 5.75 Å². The minimum absolute atomic E-state index is 0.176. The SMILES string of the molecule is CC=CC=CC(=O)Nc1cccc(O)c1C. The van der Waals surface area contributed by atoms with Crippen LogP contribution in [0.1, 0.15) is 12.5 Å². The molecule has 0 unspecified atom stereocenters. The number of phenolic OH excluding ortho intramolecular Hbond substituents is 1. The van der Waals surface area contributed by atoms with Crippen molar-refractivity contribution in [3.63, 3.8) is 0 Å². The molecular weight excluding hydrogens is 202 g/mol. The van der Waals surface area contributed by atoms with E-state index in [0.29, 0.717) is 11.3 Å². The molecule has 0 aliphatic heterocycles. The van der Waals surface area contributed by atoms with Gasteiger partial charge in [-0.15, -0.1) is 0 Å². The number of anilines is 1. The van der Waals surface area contributed by atoms with Gasteiger partial charge in [0.05, 0.1) is 0 Å². The van der Waals surface area contributed by atoms with Crippen LogP contribution in [-0.2, 0) is 4.79 Å². The third kappa shape index (κ3) is 3.28. The number of amides is 1. The summed E-state index contributed by atoms with van der Waals surface area (Å²) in [5.41, 5.74) is 1.28. The minimum atomic E-state index is -0.216. The first-order chi connectivity index (χ1) is 7.65. The van der Waals surface area contributed by atoms with E-state index in [1.165, 1.54) is 6.08 Å². The van der Waals surface area contributed by atoms with Crippen LogP contribution in [0.15, 0.2) is 42.5 Å². The van der Waals surface area contributed by atoms with Gasteiger partial charge in [0.1, 0.15) is 5.75 Å². The van der Waals surface area contributed by atoms with Crippen LogP contribution in [0.25, 0.3) is 0 Å². The Labute approximate surface area is 95.1 Å². The Balaban J connectivity index is 2.74. The predicted octanol–water partition coefficient (Wildman–Crippen LogP) is 2.77. The molecule has 0 aliphatic carbocycles. The van der Waals surface area contributed by atoms with Crippen molar-refractivity contribution in [3.05, 3.63) is 48.1 Å². The van der Waals surface area contributed by atoms with E-state index >= 15 is 0 Å². The fraction of sp³-hybridized carbons (Fsp3) is 0.154. The fourth-order valence-electron chi connectivity index (χ4n) is 1.19. The summed E-state index contributed by atoms with van der Waals surface area (Å²) >= 11 is 0. The second kappa shape index (κ2) is 5.75. The van der Waals surface area contributed by atoms with Crippen LogP contribution in [-0.4, -0.2) is 11.0 Å². The molecule has 1 aromatic rings. The number of nitrogens with one attached hydrogen (secondary N) is 1. The zero-order valence-corrected chi connectivity index (χ0v) is 9.40. The van der Waals surface area contributed by atoms with Gasteiger partial charge in [0.2, 0.25) is 5.91 Å². The Morgan fingerprint density at radius 3 is 2.81 bits per heavy atom. The quantitative estimate of drug-likeness (QED) is 0.604. The topological polar surface area (TPSA) is 49.3 Å². The van der Waals surface area contributed by atoms with Crippen molar-refractivity contribution in [2.45, 2.75) is 13.8 Å². The molecule has 0 atom stereocenters. The van der Waals surface area contributed by atoms with E-state index in [2.05, 4.69) is 5.32 Å². The van der Waals surface area contributed by atoms with Crippen LogP contribution in [0.2, 0.25) is 0 Å². The number of rotatable bonds is 3. The monoisotopic (exact) mass is 217 g/mol. The largest absolute Gasteiger partial charge is 0.508 e. The molecule has 84 valence electrons. The van der Waals surface area contributed by atoms with Crippen LogP contribution in [0, 0.1) is 6.92 Å². The standard InChI is InChI=1S/C13H15NO2/c1-3-4-5-9-13(16)14-11-7-6-8-12(15)10(11)2/h3-9,15H,1-2H3,(H,14,16). The molecule has 2 N–H and O–H groups in total. The van der Waals surface area contributed by atoms with Crippen LogP contribution < -0.4 is 5.32 Å². The molecule has 0 aromatic heterocycles. The Hall–Kier alpha value is -2.03. The van der Waals surface area contributed by atoms with Gasteiger partial charge < -0.3 is 10.4 Å². The normalized spacial score (nSPS) is 11.1. The smallest absolute Gasteiger partial charge is 0.248 e. The summed E-state index contributed by atoms with van der Waals surface area (Å²) < 4.78 is 0. The van der Waals surface area contributed by atoms with E-state index in [4.69, 9.17) is 0 Å². The molecule has 0 saturated heterocycles. The number of carbonyl (C=O) groups is 1. The van der Waals surface area contributed by atoms with Crippen molar-refractivity contribution >= 4 is 11.6 Å². The van der Waals surface area contributed by atoms with Gasteiger partial charge in [-0.3, -0.25) is 4.79 Å². The maximum atomic E-state index is 11.4. The molecule has 1 rings (SSSR count). The maximum Gasteiger partial charge on any atom is 0.248 e. The summed E-state index contributed by atoms with van der Waals surface area (Å²) in [5, 5.41) is 12.1. The zero-order chi connectivity index (χ0) is 12.0. The number of allylic oxidation sites excluding steroid dienone is 3. The number of benzene rings is 1. The summed E-state index contributed by atoms with van der Waals surface area (Å²) in [6.07, 6.45) is 6.70. The average Bonchev–Trinajstić information content (AvgIpc) is 2.25. The number of aromatic hydroxyl groups is 1. The summed E-state index contributed by atoms with van der Waals surface area (Å²) in [5.74, 6) is -0.0398. The highest BCUT2D eigenvalue weighted by molar-refractivity contribution is 6.00. The maximum absolute atomic E-state index is 11.4. The van der Waals surface area contributed by atoms with E-state index in [-0.39, 0.29) is 11.7 Å². The number of hydrogen-bond donors (Lipinski definition) is 2. The molecule has 3 heteroatoms. The third-order valence-electron chi connectivity index (χ3n) is 2.11. The molecule has 16 heavy (non-hydrogen) atoms. The van der Waals surface area contributed by atoms with Crippen molar-refractivity contribution in [1.29, 1.82) is 0 Å². The molecule has 0 fully saturated rings. The lowest BCUT2D eigenvalue weighted by Crippen LogP contribution is -2.08. The highest BCUT2D eigenvalue weighted by Gasteiger charge is 2.03. The van der Waals surface area contributed by atoms with Crippen LogP contribution in [0.3, 0.4) is 0 Å². The van der Waals surface area contributed by atoms with E-state index in [1.54, 1.807) is 37.3 Å². The summed E-state index contributed by atoms with van der Waals surface area (Å²) in [4.78, 5) is 11.4. The second-order valence-electron chi connectivity index (χ2n) is 3.32. The van der Waals surface area contributed by atoms with E-state index in [1.807, 2.05) is 13.0 Å². The summed E-state index contributed by atoms with van der Waals surface area (Å²) in [7, 11) is 0. The van der Waals surface area contributed by atoms with Gasteiger partial charge >= 0.3 is 0 Å². The molecule has 0 heterocycles. The van der Waals surface area contributed by atoms with Crippen LogP contribution in [0.4, 0.5) is 5.69 Å². The first-order valence-electron chi connectivity index (χ1n) is 5.04. The number of phenols is 1. The van der Waals surface area contributed by atoms with E-state index in [9.17, 15) is 9.90 Å². The predicted molar refractivity (Wildman–Crippen MR) is 65.4 cm³/mol. The Morgan fingerprint density at radius 1 is 1.38 bits per heavy atom. The minimum Gasteiger partial charge on any atom is -0.508 e. The van der Waals surface area contributed by atoms with Gasteiger partial charge in [0, 0.05) is 17.3 Å². The Morgan fingerprint density at radius 2 is 2.12 bits per heavy atom. The fourth-order valence-corrected chi connectivity index (χ4v) is 1.19. The van der Waals surface area contributed by atoms with Crippen LogP contribution >= 0.6 is 0 Å². The molecule has 0 bridgehead atoms. The summed E-state index contributed by atoms with van der Waals surface area (Å²) in [6, 6.07) is 5.02. The first-order valence-corrected chi connectivity index (χ1v) is 5.04. The molecule has 0 radical (unpaired) electrons. The number of carbonyl (C=O) groups excluding carboxylic acids is 1. The third-order valence-corrected chi connectivity index (χ3v) is 2.11. The van der Waals surface area contributed by atoms with Crippen molar-refractivity contribution in [2.75, 3.05) is 5.32 Å². The summed E-state index contributed by atoms with van der Waals surface area (Å²) in [6.45, 7) is 3.63. The van der Waals surface area contributed by atoms with Crippen molar-refractivity contribution in [1.82, 2.24) is 0 Å². The van der Waals surface area contributed by atoms with E-state index < -0.39 is 0 Å². The molecule has 1 amide bonds. The van der Waals surface area contributed by atoms with Crippen molar-refractivity contribution < 1.29 is 9.90 Å². The molecule has 0 spiro atoms. The molecular formula is C13H15NO2. The van der Waals surface area contributed by atoms with Gasteiger partial charge in [-0.2, -0.15) is 0 Å². The Kier molecular flexibility index (Phi) is 4.33. The van der Waals surface area contributed by atoms with Gasteiger partial charge in [0.25, 0.3) is 0 Å². The lowest BCUT2D eigenvalue weighted by atomic mass is 10.2. The molecule has 0 saturated carbocycles. The average molecular weight is 217 g/mol. The zero-order valence-electron chi connectivity index (χ0n) is 9.40. The highest BCUT2D eigenvalue weighted by Crippen LogP contribution is 2.23. The van der Waals surface area contributed by atoms with E-state index in [0.717, 1.165) is 0 Å². The van der Waals surface area contributed by atoms with Gasteiger partial charge in [-0.05, 0) is 26.0 Å². The molecule has 1 aromatic carbocycles. The van der Waals surface area contributed by atoms with Gasteiger partial charge in [-0.1, -0.05) is 24.3 Å². The van der Waals surface area contributed by atoms with Gasteiger partial charge in [0.15, 0.2) is 0 Å². The number of hydrogen-bond acceptors (Lipinski definition) is 2. The lowest BCUT2D eigenvalue weighted by molar-refractivity contribution is -0.111. The molecule has 3 nitrogen and oxygen atoms in total. The van der Waals surface area contributed by atoms with Gasteiger partial charge in [-0.25, -0.2) is 0 Å². The Bertz CT molecular complexity index is 434. The lowest BCUT2D eigenvalue weighted by Gasteiger charge is -2.07. The van der Waals surface area contributed by atoms with Crippen molar-refractivity contribution in [2.24, 2.45) is 0 Å². The second-order valence-corrected chi connectivity index (χ2v) is 3.32. The molecule has 0 aliphatic rings.